The largest absolute Gasteiger partial charge is 0.294 e. The molecule has 0 spiro atoms. The molecule has 0 radical (unpaired) electrons. The molecule has 0 aliphatic rings. The Balaban J connectivity index is 2.02. The van der Waals surface area contributed by atoms with Crippen LogP contribution < -0.4 is 0 Å². The van der Waals surface area contributed by atoms with E-state index in [4.69, 9.17) is 0 Å². The molecule has 0 unspecified atom stereocenters. The Morgan fingerprint density at radius 2 is 2.24 bits per heavy atom. The Kier molecular flexibility index (Phi) is 4.36. The monoisotopic (exact) mass is 327 g/mol. The number of carbonyl (C=O) groups excluding carboxylic acids is 1. The number of nitrogens with zero attached hydrogens (tertiary/aromatic N) is 1. The number of halogens is 1. The van der Waals surface area contributed by atoms with Crippen LogP contribution in [-0.4, -0.2) is 10.8 Å². The van der Waals surface area contributed by atoms with Crippen LogP contribution in [0, 0.1) is 0 Å². The fourth-order valence-electron chi connectivity index (χ4n) is 1.24. The number of aromatic nitrogens is 1. The molecule has 0 saturated carbocycles. The summed E-state index contributed by atoms with van der Waals surface area (Å²) in [5.74, 6) is 0.875. The van der Waals surface area contributed by atoms with Crippen molar-refractivity contribution in [3.8, 4) is 0 Å². The molecule has 0 fully saturated rings. The lowest BCUT2D eigenvalue weighted by atomic mass is 10.4. The van der Waals surface area contributed by atoms with Crippen LogP contribution in [0.25, 0.3) is 0 Å². The summed E-state index contributed by atoms with van der Waals surface area (Å²) in [4.78, 5) is 17.3. The van der Waals surface area contributed by atoms with Crippen LogP contribution >= 0.6 is 39.0 Å². The minimum Gasteiger partial charge on any atom is -0.294 e. The van der Waals surface area contributed by atoms with Crippen LogP contribution in [0.5, 0.6) is 0 Å². The number of rotatable bonds is 4. The Morgan fingerprint density at radius 1 is 1.47 bits per heavy atom. The van der Waals surface area contributed by atoms with Gasteiger partial charge in [0.1, 0.15) is 5.01 Å². The van der Waals surface area contributed by atoms with E-state index in [0.29, 0.717) is 0 Å². The predicted octanol–water partition coefficient (Wildman–Crippen LogP) is 4.40. The Hall–Kier alpha value is -0.650. The SMILES string of the molecule is CC(=O)c1cnc(CSc2ccccc2Br)s1. The second-order valence-electron chi connectivity index (χ2n) is 3.39. The Morgan fingerprint density at radius 3 is 2.88 bits per heavy atom. The third-order valence-corrected chi connectivity index (χ3v) is 5.41. The Labute approximate surface area is 117 Å². The quantitative estimate of drug-likeness (QED) is 0.615. The minimum atomic E-state index is 0.0830. The normalized spacial score (nSPS) is 10.5. The van der Waals surface area contributed by atoms with Gasteiger partial charge in [-0.1, -0.05) is 12.1 Å². The van der Waals surface area contributed by atoms with Crippen LogP contribution in [0.2, 0.25) is 0 Å². The topological polar surface area (TPSA) is 30.0 Å². The van der Waals surface area contributed by atoms with Crippen molar-refractivity contribution < 1.29 is 4.79 Å². The maximum absolute atomic E-state index is 11.1. The second kappa shape index (κ2) is 5.80. The van der Waals surface area contributed by atoms with Gasteiger partial charge in [0.2, 0.25) is 0 Å². The molecule has 2 nitrogen and oxygen atoms in total. The predicted molar refractivity (Wildman–Crippen MR) is 75.8 cm³/mol. The van der Waals surface area contributed by atoms with Crippen LogP contribution in [0.4, 0.5) is 0 Å². The highest BCUT2D eigenvalue weighted by Gasteiger charge is 2.07. The van der Waals surface area contributed by atoms with E-state index in [-0.39, 0.29) is 5.78 Å². The molecule has 0 bridgehead atoms. The van der Waals surface area contributed by atoms with E-state index in [1.807, 2.05) is 18.2 Å². The fraction of sp³-hybridized carbons (Fsp3) is 0.167. The zero-order chi connectivity index (χ0) is 12.3. The molecule has 5 heteroatoms. The zero-order valence-electron chi connectivity index (χ0n) is 9.14. The van der Waals surface area contributed by atoms with E-state index in [0.717, 1.165) is 20.1 Å². The van der Waals surface area contributed by atoms with Crippen molar-refractivity contribution >= 4 is 44.8 Å². The molecule has 2 rings (SSSR count). The Bertz CT molecular complexity index is 539. The summed E-state index contributed by atoms with van der Waals surface area (Å²) in [7, 11) is 0. The number of ketones is 1. The number of hydrogen-bond donors (Lipinski definition) is 0. The molecule has 0 aliphatic carbocycles. The van der Waals surface area contributed by atoms with Crippen LogP contribution in [0.1, 0.15) is 21.6 Å². The maximum atomic E-state index is 11.1. The highest BCUT2D eigenvalue weighted by Crippen LogP contribution is 2.30. The van der Waals surface area contributed by atoms with Gasteiger partial charge in [-0.2, -0.15) is 0 Å². The lowest BCUT2D eigenvalue weighted by Crippen LogP contribution is -1.83. The van der Waals surface area contributed by atoms with Gasteiger partial charge in [0, 0.05) is 22.5 Å². The first kappa shape index (κ1) is 12.8. The van der Waals surface area contributed by atoms with Gasteiger partial charge in [-0.05, 0) is 28.1 Å². The second-order valence-corrected chi connectivity index (χ2v) is 6.38. The van der Waals surface area contributed by atoms with E-state index in [2.05, 4.69) is 27.0 Å². The molecule has 0 N–H and O–H groups in total. The minimum absolute atomic E-state index is 0.0830. The number of carbonyl (C=O) groups is 1. The fourth-order valence-corrected chi connectivity index (χ4v) is 3.62. The third kappa shape index (κ3) is 3.40. The van der Waals surface area contributed by atoms with E-state index in [9.17, 15) is 4.79 Å². The number of Topliss-reactive ketones (excluding diaryl/α,β-unsaturated/α-hetero) is 1. The van der Waals surface area contributed by atoms with Crippen molar-refractivity contribution in [1.82, 2.24) is 4.98 Å². The first-order valence-electron chi connectivity index (χ1n) is 5.00. The molecule has 1 aromatic carbocycles. The van der Waals surface area contributed by atoms with Crippen molar-refractivity contribution in [3.63, 3.8) is 0 Å². The van der Waals surface area contributed by atoms with Gasteiger partial charge in [-0.15, -0.1) is 23.1 Å². The van der Waals surface area contributed by atoms with Crippen LogP contribution in [-0.2, 0) is 5.75 Å². The summed E-state index contributed by atoms with van der Waals surface area (Å²) in [6.45, 7) is 1.57. The van der Waals surface area contributed by atoms with Crippen molar-refractivity contribution in [2.75, 3.05) is 0 Å². The number of hydrogen-bond acceptors (Lipinski definition) is 4. The average molecular weight is 328 g/mol. The molecule has 1 heterocycles. The van der Waals surface area contributed by atoms with Crippen LogP contribution in [0.3, 0.4) is 0 Å². The van der Waals surface area contributed by atoms with Crippen molar-refractivity contribution in [1.29, 1.82) is 0 Å². The van der Waals surface area contributed by atoms with Gasteiger partial charge in [-0.25, -0.2) is 4.98 Å². The van der Waals surface area contributed by atoms with Gasteiger partial charge in [0.25, 0.3) is 0 Å². The maximum Gasteiger partial charge on any atom is 0.171 e. The van der Waals surface area contributed by atoms with Crippen molar-refractivity contribution in [2.24, 2.45) is 0 Å². The summed E-state index contributed by atoms with van der Waals surface area (Å²) in [5, 5.41) is 0.982. The molecular formula is C12H10BrNOS2. The highest BCUT2D eigenvalue weighted by atomic mass is 79.9. The summed E-state index contributed by atoms with van der Waals surface area (Å²) in [6.07, 6.45) is 1.66. The highest BCUT2D eigenvalue weighted by molar-refractivity contribution is 9.10. The number of thioether (sulfide) groups is 1. The van der Waals surface area contributed by atoms with Gasteiger partial charge in [0.05, 0.1) is 10.6 Å². The molecule has 17 heavy (non-hydrogen) atoms. The van der Waals surface area contributed by atoms with E-state index < -0.39 is 0 Å². The summed E-state index contributed by atoms with van der Waals surface area (Å²) >= 11 is 6.69. The third-order valence-electron chi connectivity index (χ3n) is 2.09. The van der Waals surface area contributed by atoms with E-state index in [1.165, 1.54) is 16.2 Å². The summed E-state index contributed by atoms with van der Waals surface area (Å²) in [5.41, 5.74) is 0. The first-order valence-corrected chi connectivity index (χ1v) is 7.59. The number of thiazole rings is 1. The molecule has 0 atom stereocenters. The zero-order valence-corrected chi connectivity index (χ0v) is 12.4. The lowest BCUT2D eigenvalue weighted by molar-refractivity contribution is 0.102. The van der Waals surface area contributed by atoms with Gasteiger partial charge < -0.3 is 0 Å². The molecule has 0 amide bonds. The standard InChI is InChI=1S/C12H10BrNOS2/c1-8(15)11-6-14-12(17-11)7-16-10-5-3-2-4-9(10)13/h2-6H,7H2,1H3. The summed E-state index contributed by atoms with van der Waals surface area (Å²) < 4.78 is 1.09. The van der Waals surface area contributed by atoms with Crippen molar-refractivity contribution in [2.45, 2.75) is 17.6 Å². The molecule has 1 aromatic heterocycles. The molecule has 0 saturated heterocycles. The molecule has 88 valence electrons. The number of benzene rings is 1. The van der Waals surface area contributed by atoms with E-state index in [1.54, 1.807) is 24.9 Å². The first-order chi connectivity index (χ1) is 8.16. The average Bonchev–Trinajstić information content (AvgIpc) is 2.77. The lowest BCUT2D eigenvalue weighted by Gasteiger charge is -2.01. The van der Waals surface area contributed by atoms with Crippen molar-refractivity contribution in [3.05, 3.63) is 44.8 Å². The molecular weight excluding hydrogens is 318 g/mol. The van der Waals surface area contributed by atoms with Gasteiger partial charge >= 0.3 is 0 Å². The molecule has 2 aromatic rings. The molecule has 0 aliphatic heterocycles. The van der Waals surface area contributed by atoms with Gasteiger partial charge in [0.15, 0.2) is 5.78 Å². The summed E-state index contributed by atoms with van der Waals surface area (Å²) in [6, 6.07) is 8.08. The van der Waals surface area contributed by atoms with Crippen LogP contribution in [0.15, 0.2) is 39.8 Å². The van der Waals surface area contributed by atoms with E-state index >= 15 is 0 Å². The van der Waals surface area contributed by atoms with Gasteiger partial charge in [-0.3, -0.25) is 4.79 Å². The smallest absolute Gasteiger partial charge is 0.171 e.